The Balaban J connectivity index is 0.000000245. The van der Waals surface area contributed by atoms with Gasteiger partial charge in [0.15, 0.2) is 4.87 Å². The minimum Gasteiger partial charge on any atom is -0.478 e. The Kier molecular flexibility index (Phi) is 7.97. The fourth-order valence-corrected chi connectivity index (χ4v) is 2.77. The number of halogens is 7. The first-order valence-electron chi connectivity index (χ1n) is 9.15. The molecule has 11 heteroatoms. The number of carboxylic acids is 1. The van der Waals surface area contributed by atoms with Crippen molar-refractivity contribution in [3.05, 3.63) is 89.5 Å². The SMILES string of the molecule is O=C(Nc1ccccc1)c1ccccc1C(F)(F)F.O=C(O)C1=CCC(Cl)(C(F)(F)F)C=C1. The van der Waals surface area contributed by atoms with Gasteiger partial charge in [0.1, 0.15) is 0 Å². The Morgan fingerprint density at radius 3 is 2.00 bits per heavy atom. The third-order valence-electron chi connectivity index (χ3n) is 4.37. The lowest BCUT2D eigenvalue weighted by atomic mass is 9.95. The molecule has 1 atom stereocenters. The number of carboxylic acid groups (broad SMARTS) is 1. The zero-order chi connectivity index (χ0) is 24.9. The van der Waals surface area contributed by atoms with E-state index < -0.39 is 41.1 Å². The average Bonchev–Trinajstić information content (AvgIpc) is 2.74. The van der Waals surface area contributed by atoms with Crippen molar-refractivity contribution in [1.29, 1.82) is 0 Å². The van der Waals surface area contributed by atoms with Crippen molar-refractivity contribution in [2.75, 3.05) is 5.32 Å². The molecule has 0 fully saturated rings. The van der Waals surface area contributed by atoms with Gasteiger partial charge in [-0.25, -0.2) is 4.79 Å². The number of para-hydroxylation sites is 1. The molecule has 0 spiro atoms. The first-order valence-corrected chi connectivity index (χ1v) is 9.53. The van der Waals surface area contributed by atoms with Crippen molar-refractivity contribution in [1.82, 2.24) is 0 Å². The summed E-state index contributed by atoms with van der Waals surface area (Å²) in [7, 11) is 0. The van der Waals surface area contributed by atoms with Crippen LogP contribution in [0.5, 0.6) is 0 Å². The van der Waals surface area contributed by atoms with E-state index >= 15 is 0 Å². The van der Waals surface area contributed by atoms with Gasteiger partial charge in [-0.3, -0.25) is 4.79 Å². The number of nitrogens with one attached hydrogen (secondary N) is 1. The Labute approximate surface area is 189 Å². The van der Waals surface area contributed by atoms with Crippen molar-refractivity contribution < 1.29 is 41.0 Å². The van der Waals surface area contributed by atoms with E-state index in [4.69, 9.17) is 16.7 Å². The van der Waals surface area contributed by atoms with Gasteiger partial charge in [0, 0.05) is 5.69 Å². The summed E-state index contributed by atoms with van der Waals surface area (Å²) >= 11 is 5.27. The van der Waals surface area contributed by atoms with Gasteiger partial charge in [-0.15, -0.1) is 11.6 Å². The smallest absolute Gasteiger partial charge is 0.417 e. The van der Waals surface area contributed by atoms with Gasteiger partial charge in [-0.1, -0.05) is 42.5 Å². The van der Waals surface area contributed by atoms with E-state index in [1.165, 1.54) is 12.1 Å². The lowest BCUT2D eigenvalue weighted by Crippen LogP contribution is -2.38. The van der Waals surface area contributed by atoms with Crippen LogP contribution in [0.15, 0.2) is 78.4 Å². The molecule has 0 aromatic heterocycles. The minimum atomic E-state index is -4.58. The number of rotatable bonds is 3. The van der Waals surface area contributed by atoms with Crippen LogP contribution in [0.2, 0.25) is 0 Å². The van der Waals surface area contributed by atoms with Gasteiger partial charge in [0.25, 0.3) is 5.91 Å². The molecular weight excluding hydrogens is 476 g/mol. The van der Waals surface area contributed by atoms with Crippen molar-refractivity contribution in [2.24, 2.45) is 0 Å². The maximum absolute atomic E-state index is 12.8. The standard InChI is InChI=1S/C14H10F3NO.C8H6ClF3O2/c15-14(16,17)12-9-5-4-8-11(12)13(19)18-10-6-2-1-3-7-10;9-7(8(10,11)12)3-1-5(2-4-7)6(13)14/h1-9H,(H,18,19);1-3H,4H2,(H,13,14). The molecule has 2 aromatic carbocycles. The summed E-state index contributed by atoms with van der Waals surface area (Å²) in [5.74, 6) is -2.04. The number of aliphatic carboxylic acids is 1. The molecule has 176 valence electrons. The predicted molar refractivity (Wildman–Crippen MR) is 110 cm³/mol. The van der Waals surface area contributed by atoms with E-state index in [2.05, 4.69) is 5.32 Å². The third-order valence-corrected chi connectivity index (χ3v) is 4.87. The quantitative estimate of drug-likeness (QED) is 0.383. The van der Waals surface area contributed by atoms with Gasteiger partial charge < -0.3 is 10.4 Å². The van der Waals surface area contributed by atoms with Crippen molar-refractivity contribution in [3.8, 4) is 0 Å². The van der Waals surface area contributed by atoms with Gasteiger partial charge >= 0.3 is 18.3 Å². The van der Waals surface area contributed by atoms with E-state index in [9.17, 15) is 35.9 Å². The summed E-state index contributed by atoms with van der Waals surface area (Å²) in [5.41, 5.74) is -1.06. The summed E-state index contributed by atoms with van der Waals surface area (Å²) < 4.78 is 75.2. The van der Waals surface area contributed by atoms with E-state index in [0.29, 0.717) is 11.8 Å². The highest BCUT2D eigenvalue weighted by molar-refractivity contribution is 6.26. The second kappa shape index (κ2) is 10.1. The molecule has 0 heterocycles. The molecule has 0 bridgehead atoms. The lowest BCUT2D eigenvalue weighted by Gasteiger charge is -2.27. The van der Waals surface area contributed by atoms with Gasteiger partial charge in [0.05, 0.1) is 16.7 Å². The van der Waals surface area contributed by atoms with Crippen LogP contribution in [0.1, 0.15) is 22.3 Å². The molecule has 3 rings (SSSR count). The molecule has 1 unspecified atom stereocenters. The summed E-state index contributed by atoms with van der Waals surface area (Å²) in [5, 5.41) is 10.9. The summed E-state index contributed by atoms with van der Waals surface area (Å²) in [6.45, 7) is 0. The zero-order valence-corrected chi connectivity index (χ0v) is 17.3. The van der Waals surface area contributed by atoms with Crippen molar-refractivity contribution in [2.45, 2.75) is 23.6 Å². The molecule has 4 nitrogen and oxygen atoms in total. The predicted octanol–water partition coefficient (Wildman–Crippen LogP) is 6.45. The lowest BCUT2D eigenvalue weighted by molar-refractivity contribution is -0.150. The Hall–Kier alpha value is -3.27. The fourth-order valence-electron chi connectivity index (χ4n) is 2.63. The van der Waals surface area contributed by atoms with Crippen LogP contribution in [0.25, 0.3) is 0 Å². The molecule has 1 aliphatic rings. The number of alkyl halides is 7. The number of hydrogen-bond donors (Lipinski definition) is 2. The normalized spacial score (nSPS) is 18.0. The van der Waals surface area contributed by atoms with Crippen LogP contribution >= 0.6 is 11.6 Å². The average molecular weight is 492 g/mol. The zero-order valence-electron chi connectivity index (χ0n) is 16.5. The number of benzene rings is 2. The molecule has 0 saturated heterocycles. The molecule has 33 heavy (non-hydrogen) atoms. The van der Waals surface area contributed by atoms with Crippen LogP contribution in [0, 0.1) is 0 Å². The van der Waals surface area contributed by atoms with Crippen LogP contribution in [-0.4, -0.2) is 28.0 Å². The second-order valence-electron chi connectivity index (χ2n) is 6.73. The number of anilines is 1. The molecule has 0 aliphatic heterocycles. The number of amides is 1. The summed E-state index contributed by atoms with van der Waals surface area (Å²) in [4.78, 5) is 19.8. The van der Waals surface area contributed by atoms with E-state index in [1.54, 1.807) is 30.3 Å². The minimum absolute atomic E-state index is 0.175. The molecule has 1 aliphatic carbocycles. The van der Waals surface area contributed by atoms with Crippen LogP contribution < -0.4 is 5.32 Å². The Morgan fingerprint density at radius 1 is 0.939 bits per heavy atom. The van der Waals surface area contributed by atoms with E-state index in [-0.39, 0.29) is 11.1 Å². The highest BCUT2D eigenvalue weighted by Gasteiger charge is 2.52. The number of carbonyl (C=O) groups is 2. The monoisotopic (exact) mass is 491 g/mol. The first kappa shape index (κ1) is 26.0. The number of allylic oxidation sites excluding steroid dienone is 2. The van der Waals surface area contributed by atoms with Gasteiger partial charge in [0.2, 0.25) is 0 Å². The Morgan fingerprint density at radius 2 is 1.52 bits per heavy atom. The molecular formula is C22H16ClF6NO3. The molecule has 0 saturated carbocycles. The highest BCUT2D eigenvalue weighted by Crippen LogP contribution is 2.42. The van der Waals surface area contributed by atoms with Crippen molar-refractivity contribution in [3.63, 3.8) is 0 Å². The highest BCUT2D eigenvalue weighted by atomic mass is 35.5. The van der Waals surface area contributed by atoms with Gasteiger partial charge in [-0.05, 0) is 36.8 Å². The van der Waals surface area contributed by atoms with Crippen LogP contribution in [-0.2, 0) is 11.0 Å². The molecule has 1 amide bonds. The molecule has 0 radical (unpaired) electrons. The maximum atomic E-state index is 12.8. The van der Waals surface area contributed by atoms with Crippen molar-refractivity contribution >= 4 is 29.2 Å². The van der Waals surface area contributed by atoms with E-state index in [0.717, 1.165) is 24.3 Å². The molecule has 2 N–H and O–H groups in total. The fraction of sp³-hybridized carbons (Fsp3) is 0.182. The second-order valence-corrected chi connectivity index (χ2v) is 7.40. The topological polar surface area (TPSA) is 66.4 Å². The largest absolute Gasteiger partial charge is 0.478 e. The Bertz CT molecular complexity index is 1060. The third kappa shape index (κ3) is 6.85. The number of carbonyl (C=O) groups excluding carboxylic acids is 1. The van der Waals surface area contributed by atoms with Crippen LogP contribution in [0.4, 0.5) is 32.0 Å². The maximum Gasteiger partial charge on any atom is 0.417 e. The van der Waals surface area contributed by atoms with Crippen LogP contribution in [0.3, 0.4) is 0 Å². The van der Waals surface area contributed by atoms with Gasteiger partial charge in [-0.2, -0.15) is 26.3 Å². The van der Waals surface area contributed by atoms with E-state index in [1.807, 2.05) is 0 Å². The summed E-state index contributed by atoms with van der Waals surface area (Å²) in [6, 6.07) is 13.0. The first-order chi connectivity index (χ1) is 15.2. The summed E-state index contributed by atoms with van der Waals surface area (Å²) in [6.07, 6.45) is -7.19. The number of hydrogen-bond acceptors (Lipinski definition) is 2. The molecule has 2 aromatic rings.